The van der Waals surface area contributed by atoms with E-state index in [0.717, 1.165) is 24.7 Å². The molecule has 1 saturated heterocycles. The number of nitrogens with zero attached hydrogens (tertiary/aromatic N) is 3. The van der Waals surface area contributed by atoms with E-state index in [9.17, 15) is 4.79 Å². The van der Waals surface area contributed by atoms with E-state index in [4.69, 9.17) is 5.11 Å². The van der Waals surface area contributed by atoms with Gasteiger partial charge in [0.25, 0.3) is 0 Å². The van der Waals surface area contributed by atoms with Crippen LogP contribution in [0.2, 0.25) is 0 Å². The summed E-state index contributed by atoms with van der Waals surface area (Å²) in [7, 11) is 0. The predicted molar refractivity (Wildman–Crippen MR) is 78.0 cm³/mol. The zero-order valence-corrected chi connectivity index (χ0v) is 12.3. The van der Waals surface area contributed by atoms with Crippen molar-refractivity contribution >= 4 is 17.6 Å². The van der Waals surface area contributed by atoms with Gasteiger partial charge < -0.3 is 15.3 Å². The largest absolute Gasteiger partial charge is 0.481 e. The molecule has 0 amide bonds. The maximum absolute atomic E-state index is 11.0. The highest BCUT2D eigenvalue weighted by Crippen LogP contribution is 2.23. The van der Waals surface area contributed by atoms with Crippen LogP contribution in [-0.2, 0) is 4.79 Å². The van der Waals surface area contributed by atoms with Crippen molar-refractivity contribution < 1.29 is 9.90 Å². The molecule has 1 aliphatic heterocycles. The average Bonchev–Trinajstić information content (AvgIpc) is 2.37. The third-order valence-electron chi connectivity index (χ3n) is 3.32. The summed E-state index contributed by atoms with van der Waals surface area (Å²) in [5, 5.41) is 12.3. The molecule has 20 heavy (non-hydrogen) atoms. The third kappa shape index (κ3) is 3.82. The van der Waals surface area contributed by atoms with Gasteiger partial charge in [-0.1, -0.05) is 0 Å². The summed E-state index contributed by atoms with van der Waals surface area (Å²) in [6, 6.07) is 1.92. The van der Waals surface area contributed by atoms with Gasteiger partial charge in [-0.25, -0.2) is 9.97 Å². The Balaban J connectivity index is 2.03. The molecule has 6 heteroatoms. The number of rotatable bonds is 3. The molecule has 110 valence electrons. The fraction of sp³-hybridized carbons (Fsp3) is 0.643. The normalized spacial score (nSPS) is 17.1. The lowest BCUT2D eigenvalue weighted by Gasteiger charge is -2.31. The Hall–Kier alpha value is -1.85. The lowest BCUT2D eigenvalue weighted by molar-refractivity contribution is -0.142. The number of nitrogens with one attached hydrogen (secondary N) is 1. The number of hydrogen-bond donors (Lipinski definition) is 2. The summed E-state index contributed by atoms with van der Waals surface area (Å²) in [4.78, 5) is 21.6. The van der Waals surface area contributed by atoms with Gasteiger partial charge in [0, 0.05) is 24.7 Å². The molecule has 2 rings (SSSR count). The topological polar surface area (TPSA) is 78.4 Å². The minimum atomic E-state index is -0.692. The number of carbonyl (C=O) groups is 1. The molecule has 1 fully saturated rings. The number of hydrogen-bond acceptors (Lipinski definition) is 5. The molecule has 0 atom stereocenters. The molecule has 2 heterocycles. The summed E-state index contributed by atoms with van der Waals surface area (Å²) >= 11 is 0. The van der Waals surface area contributed by atoms with Crippen molar-refractivity contribution in [2.75, 3.05) is 23.3 Å². The van der Waals surface area contributed by atoms with Crippen molar-refractivity contribution in [2.45, 2.75) is 39.2 Å². The van der Waals surface area contributed by atoms with Crippen LogP contribution in [-0.4, -0.2) is 39.7 Å². The predicted octanol–water partition coefficient (Wildman–Crippen LogP) is 1.99. The second-order valence-corrected chi connectivity index (χ2v) is 6.24. The fourth-order valence-electron chi connectivity index (χ4n) is 2.33. The molecule has 0 aliphatic carbocycles. The highest BCUT2D eigenvalue weighted by Gasteiger charge is 2.25. The Bertz CT molecular complexity index is 476. The maximum Gasteiger partial charge on any atom is 0.306 e. The van der Waals surface area contributed by atoms with Crippen LogP contribution < -0.4 is 10.2 Å². The van der Waals surface area contributed by atoms with Crippen molar-refractivity contribution in [1.29, 1.82) is 0 Å². The molecule has 0 unspecified atom stereocenters. The number of carboxylic acid groups (broad SMARTS) is 1. The summed E-state index contributed by atoms with van der Waals surface area (Å²) in [5.74, 6) is 0.737. The van der Waals surface area contributed by atoms with E-state index in [2.05, 4.69) is 41.0 Å². The number of anilines is 2. The van der Waals surface area contributed by atoms with Gasteiger partial charge in [-0.2, -0.15) is 0 Å². The van der Waals surface area contributed by atoms with Crippen LogP contribution in [0.4, 0.5) is 11.6 Å². The molecule has 2 N–H and O–H groups in total. The SMILES string of the molecule is CC(C)(C)Nc1cc(N2CCC(C(=O)O)CC2)ncn1. The molecule has 0 bridgehead atoms. The van der Waals surface area contributed by atoms with Crippen LogP contribution in [0.25, 0.3) is 0 Å². The van der Waals surface area contributed by atoms with E-state index in [0.29, 0.717) is 12.8 Å². The van der Waals surface area contributed by atoms with E-state index in [1.165, 1.54) is 0 Å². The van der Waals surface area contributed by atoms with Gasteiger partial charge >= 0.3 is 5.97 Å². The number of aliphatic carboxylic acids is 1. The molecule has 6 nitrogen and oxygen atoms in total. The van der Waals surface area contributed by atoms with Crippen molar-refractivity contribution in [3.63, 3.8) is 0 Å². The minimum absolute atomic E-state index is 0.0536. The second kappa shape index (κ2) is 5.64. The molecular formula is C14H22N4O2. The maximum atomic E-state index is 11.0. The van der Waals surface area contributed by atoms with Gasteiger partial charge in [0.15, 0.2) is 0 Å². The van der Waals surface area contributed by atoms with Gasteiger partial charge in [-0.3, -0.25) is 4.79 Å². The van der Waals surface area contributed by atoms with Gasteiger partial charge in [0.05, 0.1) is 5.92 Å². The average molecular weight is 278 g/mol. The van der Waals surface area contributed by atoms with Gasteiger partial charge in [-0.15, -0.1) is 0 Å². The van der Waals surface area contributed by atoms with Gasteiger partial charge in [0.2, 0.25) is 0 Å². The Morgan fingerprint density at radius 2 is 2.00 bits per heavy atom. The Kier molecular flexibility index (Phi) is 4.11. The standard InChI is InChI=1S/C14H22N4O2/c1-14(2,3)17-11-8-12(16-9-15-11)18-6-4-10(5-7-18)13(19)20/h8-10H,4-7H2,1-3H3,(H,19,20)(H,15,16,17). The minimum Gasteiger partial charge on any atom is -0.481 e. The highest BCUT2D eigenvalue weighted by molar-refractivity contribution is 5.70. The van der Waals surface area contributed by atoms with Gasteiger partial charge in [-0.05, 0) is 33.6 Å². The van der Waals surface area contributed by atoms with E-state index < -0.39 is 5.97 Å². The van der Waals surface area contributed by atoms with E-state index in [1.54, 1.807) is 6.33 Å². The zero-order chi connectivity index (χ0) is 14.8. The molecule has 1 aliphatic rings. The summed E-state index contributed by atoms with van der Waals surface area (Å²) in [5.41, 5.74) is -0.0536. The number of piperidine rings is 1. The molecule has 0 radical (unpaired) electrons. The molecular weight excluding hydrogens is 256 g/mol. The Labute approximate surface area is 119 Å². The van der Waals surface area contributed by atoms with Crippen LogP contribution in [0, 0.1) is 5.92 Å². The quantitative estimate of drug-likeness (QED) is 0.880. The lowest BCUT2D eigenvalue weighted by Crippen LogP contribution is -2.37. The first kappa shape index (κ1) is 14.6. The van der Waals surface area contributed by atoms with Crippen molar-refractivity contribution in [2.24, 2.45) is 5.92 Å². The zero-order valence-electron chi connectivity index (χ0n) is 12.3. The van der Waals surface area contributed by atoms with Crippen molar-refractivity contribution in [3.8, 4) is 0 Å². The van der Waals surface area contributed by atoms with Crippen LogP contribution in [0.5, 0.6) is 0 Å². The van der Waals surface area contributed by atoms with E-state index >= 15 is 0 Å². The number of aromatic nitrogens is 2. The van der Waals surface area contributed by atoms with Crippen LogP contribution in [0.3, 0.4) is 0 Å². The number of carboxylic acids is 1. The van der Waals surface area contributed by atoms with Crippen molar-refractivity contribution in [1.82, 2.24) is 9.97 Å². The van der Waals surface area contributed by atoms with Crippen LogP contribution in [0.15, 0.2) is 12.4 Å². The lowest BCUT2D eigenvalue weighted by atomic mass is 9.97. The Morgan fingerprint density at radius 3 is 2.55 bits per heavy atom. The monoisotopic (exact) mass is 278 g/mol. The molecule has 0 aromatic carbocycles. The summed E-state index contributed by atoms with van der Waals surface area (Å²) in [6.07, 6.45) is 2.88. The van der Waals surface area contributed by atoms with Crippen LogP contribution >= 0.6 is 0 Å². The molecule has 1 aromatic heterocycles. The first-order valence-electron chi connectivity index (χ1n) is 6.93. The first-order valence-corrected chi connectivity index (χ1v) is 6.93. The highest BCUT2D eigenvalue weighted by atomic mass is 16.4. The third-order valence-corrected chi connectivity index (χ3v) is 3.32. The Morgan fingerprint density at radius 1 is 1.35 bits per heavy atom. The van der Waals surface area contributed by atoms with Gasteiger partial charge in [0.1, 0.15) is 18.0 Å². The molecule has 1 aromatic rings. The summed E-state index contributed by atoms with van der Waals surface area (Å²) in [6.45, 7) is 7.68. The van der Waals surface area contributed by atoms with Crippen LogP contribution in [0.1, 0.15) is 33.6 Å². The fourth-order valence-corrected chi connectivity index (χ4v) is 2.33. The summed E-state index contributed by atoms with van der Waals surface area (Å²) < 4.78 is 0. The van der Waals surface area contributed by atoms with E-state index in [-0.39, 0.29) is 11.5 Å². The smallest absolute Gasteiger partial charge is 0.306 e. The second-order valence-electron chi connectivity index (χ2n) is 6.24. The van der Waals surface area contributed by atoms with E-state index in [1.807, 2.05) is 6.07 Å². The first-order chi connectivity index (χ1) is 9.35. The molecule has 0 saturated carbocycles. The van der Waals surface area contributed by atoms with Crippen molar-refractivity contribution in [3.05, 3.63) is 12.4 Å². The molecule has 0 spiro atoms.